The lowest BCUT2D eigenvalue weighted by molar-refractivity contribution is -0.142. The molecule has 3 atom stereocenters. The second kappa shape index (κ2) is 15.1. The summed E-state index contributed by atoms with van der Waals surface area (Å²) in [5.41, 5.74) is 12.1. The number of benzene rings is 3. The Bertz CT molecular complexity index is 1830. The number of aryl methyl sites for hydroxylation is 1. The SMILES string of the molecule is N=C(N)N1CCC[C@@H](CNC(=O)C[C@H](NS(=O)(=O)c2ccc3ccccc3c2)C(=O)N(C2CC2)C(CCc2ccc(O)c(O)c2)C(N)=O)C1. The van der Waals surface area contributed by atoms with E-state index in [0.717, 1.165) is 18.2 Å². The smallest absolute Gasteiger partial charge is 0.242 e. The highest BCUT2D eigenvalue weighted by Gasteiger charge is 2.43. The molecule has 49 heavy (non-hydrogen) atoms. The predicted molar refractivity (Wildman–Crippen MR) is 183 cm³/mol. The number of carbonyl (C=O) groups excluding carboxylic acids is 3. The summed E-state index contributed by atoms with van der Waals surface area (Å²) in [6.07, 6.45) is 2.48. The van der Waals surface area contributed by atoms with Crippen LogP contribution in [0.25, 0.3) is 10.8 Å². The molecule has 1 heterocycles. The minimum absolute atomic E-state index is 0.00610. The van der Waals surface area contributed by atoms with Crippen molar-refractivity contribution in [3.63, 3.8) is 0 Å². The Kier molecular flexibility index (Phi) is 10.9. The first-order valence-electron chi connectivity index (χ1n) is 16.3. The zero-order chi connectivity index (χ0) is 35.3. The number of fused-ring (bicyclic) bond motifs is 1. The van der Waals surface area contributed by atoms with Crippen LogP contribution < -0.4 is 21.5 Å². The largest absolute Gasteiger partial charge is 0.504 e. The van der Waals surface area contributed by atoms with Crippen molar-refractivity contribution in [2.45, 2.75) is 68.0 Å². The molecule has 1 saturated carbocycles. The minimum atomic E-state index is -4.33. The second-order valence-electron chi connectivity index (χ2n) is 12.8. The van der Waals surface area contributed by atoms with E-state index in [2.05, 4.69) is 10.0 Å². The molecule has 0 radical (unpaired) electrons. The fourth-order valence-corrected chi connectivity index (χ4v) is 7.53. The topological polar surface area (TPSA) is 232 Å². The van der Waals surface area contributed by atoms with Crippen LogP contribution in [0.3, 0.4) is 0 Å². The highest BCUT2D eigenvalue weighted by Crippen LogP contribution is 2.32. The van der Waals surface area contributed by atoms with Crippen LogP contribution >= 0.6 is 0 Å². The number of hydrogen-bond acceptors (Lipinski definition) is 8. The number of nitrogens with two attached hydrogens (primary N) is 2. The van der Waals surface area contributed by atoms with Gasteiger partial charge in [-0.1, -0.05) is 36.4 Å². The Morgan fingerprint density at radius 3 is 2.39 bits per heavy atom. The van der Waals surface area contributed by atoms with Crippen LogP contribution in [-0.2, 0) is 30.8 Å². The van der Waals surface area contributed by atoms with E-state index < -0.39 is 46.2 Å². The lowest BCUT2D eigenvalue weighted by atomic mass is 9.98. The third kappa shape index (κ3) is 8.97. The first kappa shape index (κ1) is 35.4. The molecule has 2 aliphatic rings. The van der Waals surface area contributed by atoms with Crippen LogP contribution in [-0.4, -0.2) is 89.9 Å². The van der Waals surface area contributed by atoms with Crippen molar-refractivity contribution >= 4 is 44.5 Å². The number of sulfonamides is 1. The van der Waals surface area contributed by atoms with Gasteiger partial charge in [0.1, 0.15) is 12.1 Å². The van der Waals surface area contributed by atoms with Gasteiger partial charge in [0, 0.05) is 25.7 Å². The highest BCUT2D eigenvalue weighted by atomic mass is 32.2. The fraction of sp³-hybridized carbons (Fsp3) is 0.412. The van der Waals surface area contributed by atoms with Crippen molar-refractivity contribution in [3.8, 4) is 11.5 Å². The Labute approximate surface area is 285 Å². The van der Waals surface area contributed by atoms with Gasteiger partial charge in [-0.15, -0.1) is 0 Å². The number of carbonyl (C=O) groups is 3. The summed E-state index contributed by atoms with van der Waals surface area (Å²) in [7, 11) is -4.33. The van der Waals surface area contributed by atoms with Crippen molar-refractivity contribution in [1.29, 1.82) is 5.41 Å². The number of primary amides is 1. The molecular weight excluding hydrogens is 650 g/mol. The van der Waals surface area contributed by atoms with Crippen molar-refractivity contribution in [3.05, 3.63) is 66.2 Å². The zero-order valence-corrected chi connectivity index (χ0v) is 27.9. The van der Waals surface area contributed by atoms with Crippen molar-refractivity contribution in [2.75, 3.05) is 19.6 Å². The van der Waals surface area contributed by atoms with Crippen molar-refractivity contribution in [2.24, 2.45) is 17.4 Å². The molecule has 1 saturated heterocycles. The Balaban J connectivity index is 1.38. The van der Waals surface area contributed by atoms with Gasteiger partial charge in [-0.25, -0.2) is 8.42 Å². The molecule has 0 spiro atoms. The Morgan fingerprint density at radius 2 is 1.71 bits per heavy atom. The standard InChI is InChI=1S/C34H43N7O7S/c35-32(45)28(13-7-21-8-14-29(42)30(43)16-21)41(25-10-11-25)33(46)27(18-31(44)38-19-22-4-3-15-40(20-22)34(36)37)39-49(47,48)26-12-9-23-5-1-2-6-24(23)17-26/h1-2,5-6,8-9,12,14,16-17,22,25,27-28,39,42-43H,3-4,7,10-11,13,15,18-20H2,(H2,35,45)(H3,36,37)(H,38,44)/t22-,27-,28?/m0/s1. The number of hydrogen-bond donors (Lipinski definition) is 7. The predicted octanol–water partition coefficient (Wildman–Crippen LogP) is 1.49. The van der Waals surface area contributed by atoms with Crippen LogP contribution in [0.5, 0.6) is 11.5 Å². The van der Waals surface area contributed by atoms with Crippen molar-refractivity contribution < 1.29 is 33.0 Å². The molecule has 1 unspecified atom stereocenters. The molecule has 3 amide bonds. The summed E-state index contributed by atoms with van der Waals surface area (Å²) in [6.45, 7) is 1.39. The second-order valence-corrected chi connectivity index (χ2v) is 14.5. The highest BCUT2D eigenvalue weighted by molar-refractivity contribution is 7.89. The summed E-state index contributed by atoms with van der Waals surface area (Å²) in [4.78, 5) is 43.5. The Hall–Kier alpha value is -4.89. The van der Waals surface area contributed by atoms with E-state index >= 15 is 0 Å². The van der Waals surface area contributed by atoms with E-state index in [4.69, 9.17) is 16.9 Å². The number of aromatic hydroxyl groups is 2. The lowest BCUT2D eigenvalue weighted by Crippen LogP contribution is -2.57. The zero-order valence-electron chi connectivity index (χ0n) is 27.0. The number of nitrogens with one attached hydrogen (secondary N) is 3. The molecule has 5 rings (SSSR count). The van der Waals surface area contributed by atoms with Crippen LogP contribution in [0, 0.1) is 11.3 Å². The third-order valence-corrected chi connectivity index (χ3v) is 10.5. The van der Waals surface area contributed by atoms with Gasteiger partial charge in [-0.2, -0.15) is 4.72 Å². The van der Waals surface area contributed by atoms with Gasteiger partial charge in [0.25, 0.3) is 0 Å². The number of phenols is 2. The van der Waals surface area contributed by atoms with E-state index in [9.17, 15) is 33.0 Å². The molecule has 3 aromatic carbocycles. The number of likely N-dealkylation sites (tertiary alicyclic amines) is 1. The maximum absolute atomic E-state index is 14.4. The van der Waals surface area contributed by atoms with Crippen LogP contribution in [0.15, 0.2) is 65.6 Å². The maximum atomic E-state index is 14.4. The fourth-order valence-electron chi connectivity index (χ4n) is 6.30. The van der Waals surface area contributed by atoms with Crippen LogP contribution in [0.1, 0.15) is 44.1 Å². The summed E-state index contributed by atoms with van der Waals surface area (Å²) < 4.78 is 30.0. The molecule has 2 fully saturated rings. The summed E-state index contributed by atoms with van der Waals surface area (Å²) in [5.74, 6) is -2.78. The molecule has 0 bridgehead atoms. The van der Waals surface area contributed by atoms with E-state index in [1.54, 1.807) is 29.2 Å². The van der Waals surface area contributed by atoms with Crippen LogP contribution in [0.4, 0.5) is 0 Å². The number of guanidine groups is 1. The van der Waals surface area contributed by atoms with Gasteiger partial charge in [-0.3, -0.25) is 19.8 Å². The van der Waals surface area contributed by atoms with E-state index in [0.29, 0.717) is 36.9 Å². The first-order valence-corrected chi connectivity index (χ1v) is 17.8. The molecule has 3 aromatic rings. The first-order chi connectivity index (χ1) is 23.3. The average molecular weight is 694 g/mol. The number of rotatable bonds is 14. The molecule has 1 aliphatic heterocycles. The summed E-state index contributed by atoms with van der Waals surface area (Å²) in [5, 5.41) is 31.6. The van der Waals surface area contributed by atoms with Crippen molar-refractivity contribution in [1.82, 2.24) is 19.8 Å². The molecule has 1 aliphatic carbocycles. The maximum Gasteiger partial charge on any atom is 0.242 e. The molecule has 0 aromatic heterocycles. The monoisotopic (exact) mass is 693 g/mol. The van der Waals surface area contributed by atoms with Gasteiger partial charge < -0.3 is 36.8 Å². The number of piperidine rings is 1. The quantitative estimate of drug-likeness (QED) is 0.0735. The number of phenolic OH excluding ortho intramolecular Hbond substituents is 2. The summed E-state index contributed by atoms with van der Waals surface area (Å²) in [6, 6.07) is 13.0. The molecule has 262 valence electrons. The average Bonchev–Trinajstić information content (AvgIpc) is 3.91. The van der Waals surface area contributed by atoms with Gasteiger partial charge in [0.2, 0.25) is 27.7 Å². The van der Waals surface area contributed by atoms with Crippen LogP contribution in [0.2, 0.25) is 0 Å². The normalized spacial score (nSPS) is 17.6. The van der Waals surface area contributed by atoms with E-state index in [1.807, 2.05) is 12.1 Å². The Morgan fingerprint density at radius 1 is 0.980 bits per heavy atom. The van der Waals surface area contributed by atoms with Gasteiger partial charge >= 0.3 is 0 Å². The number of amides is 3. The summed E-state index contributed by atoms with van der Waals surface area (Å²) >= 11 is 0. The molecular formula is C34H43N7O7S. The minimum Gasteiger partial charge on any atom is -0.504 e. The number of nitrogens with zero attached hydrogens (tertiary/aromatic N) is 2. The molecule has 15 heteroatoms. The van der Waals surface area contributed by atoms with Gasteiger partial charge in [0.15, 0.2) is 17.5 Å². The van der Waals surface area contributed by atoms with Gasteiger partial charge in [0.05, 0.1) is 11.3 Å². The molecule has 14 nitrogen and oxygen atoms in total. The van der Waals surface area contributed by atoms with Gasteiger partial charge in [-0.05, 0) is 85.0 Å². The lowest BCUT2D eigenvalue weighted by Gasteiger charge is -2.34. The van der Waals surface area contributed by atoms with E-state index in [-0.39, 0.29) is 53.7 Å². The molecule has 9 N–H and O–H groups in total. The third-order valence-electron chi connectivity index (χ3n) is 9.07. The van der Waals surface area contributed by atoms with E-state index in [1.165, 1.54) is 29.2 Å².